The van der Waals surface area contributed by atoms with Crippen LogP contribution in [0.1, 0.15) is 0 Å². The molecule has 0 radical (unpaired) electrons. The predicted octanol–water partition coefficient (Wildman–Crippen LogP) is 4.23. The monoisotopic (exact) mass is 356 g/mol. The van der Waals surface area contributed by atoms with E-state index in [4.69, 9.17) is 11.6 Å². The highest BCUT2D eigenvalue weighted by Gasteiger charge is 2.04. The van der Waals surface area contributed by atoms with Crippen LogP contribution >= 0.6 is 39.3 Å². The molecule has 0 aliphatic rings. The number of hydrogen-bond acceptors (Lipinski definition) is 3. The van der Waals surface area contributed by atoms with E-state index in [1.54, 1.807) is 30.5 Å². The van der Waals surface area contributed by atoms with E-state index in [9.17, 15) is 4.79 Å². The van der Waals surface area contributed by atoms with Gasteiger partial charge in [-0.15, -0.1) is 0 Å². The second-order valence-corrected chi connectivity index (χ2v) is 6.01. The molecule has 1 aromatic heterocycles. The van der Waals surface area contributed by atoms with Crippen LogP contribution in [0.3, 0.4) is 0 Å². The Kier molecular flexibility index (Phi) is 5.24. The van der Waals surface area contributed by atoms with Crippen LogP contribution in [0, 0.1) is 0 Å². The fourth-order valence-electron chi connectivity index (χ4n) is 1.35. The standard InChI is InChI=1S/C13H10BrClN2OS/c14-9-4-5-13(16-7-9)19-8-12(18)17-11-3-1-2-10(15)6-11/h1-7H,8H2,(H,17,18). The van der Waals surface area contributed by atoms with Crippen molar-refractivity contribution in [2.24, 2.45) is 0 Å². The van der Waals surface area contributed by atoms with Crippen molar-refractivity contribution in [2.75, 3.05) is 11.1 Å². The van der Waals surface area contributed by atoms with Crippen molar-refractivity contribution in [3.8, 4) is 0 Å². The van der Waals surface area contributed by atoms with E-state index in [2.05, 4.69) is 26.2 Å². The van der Waals surface area contributed by atoms with Crippen LogP contribution < -0.4 is 5.32 Å². The molecule has 1 amide bonds. The van der Waals surface area contributed by atoms with Crippen molar-refractivity contribution in [1.82, 2.24) is 4.98 Å². The highest BCUT2D eigenvalue weighted by molar-refractivity contribution is 9.10. The van der Waals surface area contributed by atoms with E-state index in [-0.39, 0.29) is 5.91 Å². The molecule has 0 saturated carbocycles. The molecule has 0 fully saturated rings. The summed E-state index contributed by atoms with van der Waals surface area (Å²) >= 11 is 10.5. The zero-order chi connectivity index (χ0) is 13.7. The van der Waals surface area contributed by atoms with Crippen molar-refractivity contribution in [3.63, 3.8) is 0 Å². The van der Waals surface area contributed by atoms with E-state index < -0.39 is 0 Å². The molecule has 19 heavy (non-hydrogen) atoms. The molecule has 2 rings (SSSR count). The van der Waals surface area contributed by atoms with Gasteiger partial charge >= 0.3 is 0 Å². The van der Waals surface area contributed by atoms with Gasteiger partial charge in [-0.25, -0.2) is 4.98 Å². The Morgan fingerprint density at radius 3 is 2.89 bits per heavy atom. The minimum absolute atomic E-state index is 0.0861. The van der Waals surface area contributed by atoms with Crippen LogP contribution in [0.25, 0.3) is 0 Å². The summed E-state index contributed by atoms with van der Waals surface area (Å²) in [6.07, 6.45) is 1.71. The number of nitrogens with zero attached hydrogens (tertiary/aromatic N) is 1. The van der Waals surface area contributed by atoms with Gasteiger partial charge in [-0.05, 0) is 46.3 Å². The minimum Gasteiger partial charge on any atom is -0.325 e. The molecule has 0 saturated heterocycles. The van der Waals surface area contributed by atoms with Crippen LogP contribution in [0.2, 0.25) is 5.02 Å². The summed E-state index contributed by atoms with van der Waals surface area (Å²) in [5.74, 6) is 0.221. The average Bonchev–Trinajstić information content (AvgIpc) is 2.38. The number of nitrogens with one attached hydrogen (secondary N) is 1. The molecule has 98 valence electrons. The highest BCUT2D eigenvalue weighted by Crippen LogP contribution is 2.19. The predicted molar refractivity (Wildman–Crippen MR) is 82.7 cm³/mol. The van der Waals surface area contributed by atoms with Crippen LogP contribution in [0.4, 0.5) is 5.69 Å². The Bertz CT molecular complexity index is 577. The molecule has 3 nitrogen and oxygen atoms in total. The number of pyridine rings is 1. The number of amides is 1. The number of carbonyl (C=O) groups is 1. The van der Waals surface area contributed by atoms with Crippen LogP contribution in [-0.4, -0.2) is 16.6 Å². The Labute approximate surface area is 128 Å². The number of anilines is 1. The molecule has 6 heteroatoms. The first kappa shape index (κ1) is 14.4. The summed E-state index contributed by atoms with van der Waals surface area (Å²) in [6, 6.07) is 10.8. The van der Waals surface area contributed by atoms with Crippen molar-refractivity contribution < 1.29 is 4.79 Å². The Morgan fingerprint density at radius 1 is 1.37 bits per heavy atom. The first-order chi connectivity index (χ1) is 9.13. The van der Waals surface area contributed by atoms with E-state index in [1.807, 2.05) is 12.1 Å². The smallest absolute Gasteiger partial charge is 0.234 e. The zero-order valence-electron chi connectivity index (χ0n) is 9.77. The second-order valence-electron chi connectivity index (χ2n) is 3.66. The summed E-state index contributed by atoms with van der Waals surface area (Å²) in [7, 11) is 0. The number of halogens is 2. The Balaban J connectivity index is 1.86. The third kappa shape index (κ3) is 4.86. The number of benzene rings is 1. The summed E-state index contributed by atoms with van der Waals surface area (Å²) in [6.45, 7) is 0. The zero-order valence-corrected chi connectivity index (χ0v) is 12.9. The molecular formula is C13H10BrClN2OS. The molecule has 1 heterocycles. The number of rotatable bonds is 4. The van der Waals surface area contributed by atoms with Gasteiger partial charge in [0, 0.05) is 21.4 Å². The van der Waals surface area contributed by atoms with Gasteiger partial charge < -0.3 is 5.32 Å². The molecule has 0 aliphatic carbocycles. The van der Waals surface area contributed by atoms with Crippen molar-refractivity contribution in [1.29, 1.82) is 0 Å². The van der Waals surface area contributed by atoms with Crippen LogP contribution in [0.15, 0.2) is 52.1 Å². The van der Waals surface area contributed by atoms with Gasteiger partial charge in [0.25, 0.3) is 0 Å². The van der Waals surface area contributed by atoms with E-state index >= 15 is 0 Å². The van der Waals surface area contributed by atoms with Gasteiger partial charge in [0.1, 0.15) is 0 Å². The van der Waals surface area contributed by atoms with Crippen molar-refractivity contribution in [3.05, 3.63) is 52.1 Å². The molecule has 1 aromatic carbocycles. The van der Waals surface area contributed by atoms with Gasteiger partial charge in [0.15, 0.2) is 0 Å². The Morgan fingerprint density at radius 2 is 2.21 bits per heavy atom. The number of hydrogen-bond donors (Lipinski definition) is 1. The summed E-state index contributed by atoms with van der Waals surface area (Å²) < 4.78 is 0.917. The molecule has 0 aliphatic heterocycles. The number of carbonyl (C=O) groups excluding carboxylic acids is 1. The topological polar surface area (TPSA) is 42.0 Å². The quantitative estimate of drug-likeness (QED) is 0.833. The minimum atomic E-state index is -0.0861. The molecule has 0 bridgehead atoms. The van der Waals surface area contributed by atoms with Gasteiger partial charge in [0.05, 0.1) is 10.8 Å². The molecule has 2 aromatic rings. The van der Waals surface area contributed by atoms with Gasteiger partial charge in [-0.1, -0.05) is 29.4 Å². The number of aromatic nitrogens is 1. The lowest BCUT2D eigenvalue weighted by Gasteiger charge is -2.05. The fourth-order valence-corrected chi connectivity index (χ4v) is 2.42. The summed E-state index contributed by atoms with van der Waals surface area (Å²) in [5.41, 5.74) is 0.696. The lowest BCUT2D eigenvalue weighted by molar-refractivity contribution is -0.113. The normalized spacial score (nSPS) is 10.2. The molecular weight excluding hydrogens is 348 g/mol. The molecule has 0 spiro atoms. The van der Waals surface area contributed by atoms with E-state index in [0.29, 0.717) is 16.5 Å². The van der Waals surface area contributed by atoms with Crippen molar-refractivity contribution >= 4 is 50.9 Å². The maximum atomic E-state index is 11.8. The summed E-state index contributed by atoms with van der Waals surface area (Å²) in [5, 5.41) is 4.19. The van der Waals surface area contributed by atoms with E-state index in [0.717, 1.165) is 9.50 Å². The maximum Gasteiger partial charge on any atom is 0.234 e. The third-order valence-electron chi connectivity index (χ3n) is 2.16. The summed E-state index contributed by atoms with van der Waals surface area (Å²) in [4.78, 5) is 15.9. The first-order valence-electron chi connectivity index (χ1n) is 5.43. The second kappa shape index (κ2) is 6.93. The fraction of sp³-hybridized carbons (Fsp3) is 0.0769. The first-order valence-corrected chi connectivity index (χ1v) is 7.59. The lowest BCUT2D eigenvalue weighted by atomic mass is 10.3. The highest BCUT2D eigenvalue weighted by atomic mass is 79.9. The number of thioether (sulfide) groups is 1. The molecule has 0 unspecified atom stereocenters. The Hall–Kier alpha value is -1.04. The largest absolute Gasteiger partial charge is 0.325 e. The third-order valence-corrected chi connectivity index (χ3v) is 3.81. The van der Waals surface area contributed by atoms with Gasteiger partial charge in [-0.3, -0.25) is 4.79 Å². The lowest BCUT2D eigenvalue weighted by Crippen LogP contribution is -2.13. The van der Waals surface area contributed by atoms with Crippen molar-refractivity contribution in [2.45, 2.75) is 5.03 Å². The average molecular weight is 358 g/mol. The van der Waals surface area contributed by atoms with Gasteiger partial charge in [-0.2, -0.15) is 0 Å². The van der Waals surface area contributed by atoms with Crippen LogP contribution in [0.5, 0.6) is 0 Å². The van der Waals surface area contributed by atoms with Gasteiger partial charge in [0.2, 0.25) is 5.91 Å². The van der Waals surface area contributed by atoms with E-state index in [1.165, 1.54) is 11.8 Å². The molecule has 0 atom stereocenters. The molecule has 1 N–H and O–H groups in total. The maximum absolute atomic E-state index is 11.8. The SMILES string of the molecule is O=C(CSc1ccc(Br)cn1)Nc1cccc(Cl)c1. The van der Waals surface area contributed by atoms with Crippen LogP contribution in [-0.2, 0) is 4.79 Å².